The molecule has 2 aliphatic heterocycles. The first-order chi connectivity index (χ1) is 20.6. The van der Waals surface area contributed by atoms with E-state index < -0.39 is 48.6 Å². The summed E-state index contributed by atoms with van der Waals surface area (Å²) in [6.45, 7) is 4.09. The molecule has 0 saturated carbocycles. The standard InChI is InChI=1S/2C12H22N4O6.3Ca/c2*1-9-8-15(11(19)20)7-6-14(10(17)18)4-2-13-3-5-16(9)12(21)22;;;/h2*9,13H,2-8H2,1H3,(H,17,18)(H,19,20)(H,21,22);;;/q;;3*+2/p-6. The van der Waals surface area contributed by atoms with Crippen LogP contribution in [0.15, 0.2) is 0 Å². The third kappa shape index (κ3) is 19.9. The molecule has 0 aromatic carbocycles. The molecule has 2 N–H and O–H groups in total. The van der Waals surface area contributed by atoms with Gasteiger partial charge in [0.05, 0.1) is 0 Å². The third-order valence-corrected chi connectivity index (χ3v) is 6.99. The van der Waals surface area contributed by atoms with E-state index in [0.717, 1.165) is 29.4 Å². The van der Waals surface area contributed by atoms with Gasteiger partial charge in [0.25, 0.3) is 0 Å². The van der Waals surface area contributed by atoms with Crippen LogP contribution in [-0.4, -0.2) is 283 Å². The molecule has 2 heterocycles. The molecule has 2 atom stereocenters. The fourth-order valence-corrected chi connectivity index (χ4v) is 4.48. The van der Waals surface area contributed by atoms with E-state index in [1.165, 1.54) is 0 Å². The fourth-order valence-electron chi connectivity index (χ4n) is 4.48. The van der Waals surface area contributed by atoms with E-state index in [9.17, 15) is 59.4 Å². The molecule has 20 nitrogen and oxygen atoms in total. The van der Waals surface area contributed by atoms with Gasteiger partial charge in [0.1, 0.15) is 36.6 Å². The minimum atomic E-state index is -1.49. The smallest absolute Gasteiger partial charge is 0.530 e. The summed E-state index contributed by atoms with van der Waals surface area (Å²) < 4.78 is 0. The zero-order valence-corrected chi connectivity index (χ0v) is 33.4. The summed E-state index contributed by atoms with van der Waals surface area (Å²) in [7, 11) is 0. The van der Waals surface area contributed by atoms with Crippen molar-refractivity contribution in [2.75, 3.05) is 91.6 Å². The Hall–Kier alpha value is -0.681. The molecule has 2 aliphatic rings. The van der Waals surface area contributed by atoms with Crippen LogP contribution >= 0.6 is 0 Å². The predicted molar refractivity (Wildman–Crippen MR) is 154 cm³/mol. The van der Waals surface area contributed by atoms with E-state index in [-0.39, 0.29) is 179 Å². The number of amides is 6. The molecule has 0 aromatic rings. The van der Waals surface area contributed by atoms with Gasteiger partial charge in [-0.3, -0.25) is 0 Å². The predicted octanol–water partition coefficient (Wildman–Crippen LogP) is -9.31. The molecular weight excluding hydrogens is 713 g/mol. The molecule has 2 fully saturated rings. The second kappa shape index (κ2) is 27.1. The molecular formula is C24H38Ca3N8O12. The summed E-state index contributed by atoms with van der Waals surface area (Å²) in [5.41, 5.74) is 0. The Balaban J connectivity index is -0.000000774. The van der Waals surface area contributed by atoms with Crippen molar-refractivity contribution in [1.82, 2.24) is 40.0 Å². The van der Waals surface area contributed by atoms with Crippen molar-refractivity contribution < 1.29 is 59.4 Å². The molecule has 6 amide bonds. The molecule has 0 aromatic heterocycles. The average molecular weight is 751 g/mol. The van der Waals surface area contributed by atoms with Crippen LogP contribution in [0.25, 0.3) is 0 Å². The Morgan fingerprint density at radius 1 is 0.426 bits per heavy atom. The summed E-state index contributed by atoms with van der Waals surface area (Å²) in [5.74, 6) is 0. The Bertz CT molecular complexity index is 929. The summed E-state index contributed by atoms with van der Waals surface area (Å²) in [6, 6.07) is -1.28. The van der Waals surface area contributed by atoms with E-state index in [4.69, 9.17) is 0 Å². The molecule has 0 spiro atoms. The zero-order valence-electron chi connectivity index (χ0n) is 26.8. The Morgan fingerprint density at radius 3 is 0.936 bits per heavy atom. The summed E-state index contributed by atoms with van der Waals surface area (Å²) in [4.78, 5) is 72.2. The molecule has 0 aliphatic carbocycles. The van der Waals surface area contributed by atoms with Crippen molar-refractivity contribution in [1.29, 1.82) is 0 Å². The number of carbonyl (C=O) groups is 6. The minimum Gasteiger partial charge on any atom is -0.530 e. The van der Waals surface area contributed by atoms with Gasteiger partial charge in [-0.2, -0.15) is 0 Å². The van der Waals surface area contributed by atoms with Crippen molar-refractivity contribution in [3.63, 3.8) is 0 Å². The first-order valence-electron chi connectivity index (χ1n) is 13.9. The van der Waals surface area contributed by atoms with Crippen LogP contribution in [0.3, 0.4) is 0 Å². The second-order valence-electron chi connectivity index (χ2n) is 10.0. The van der Waals surface area contributed by atoms with Gasteiger partial charge in [-0.1, -0.05) is 0 Å². The van der Waals surface area contributed by atoms with Crippen molar-refractivity contribution in [2.24, 2.45) is 0 Å². The summed E-state index contributed by atoms with van der Waals surface area (Å²) in [6.07, 6.45) is -8.53. The summed E-state index contributed by atoms with van der Waals surface area (Å²) >= 11 is 0. The number of nitrogens with one attached hydrogen (secondary N) is 2. The zero-order chi connectivity index (χ0) is 33.4. The van der Waals surface area contributed by atoms with Crippen LogP contribution in [-0.2, 0) is 0 Å². The van der Waals surface area contributed by atoms with Gasteiger partial charge in [-0.15, -0.1) is 0 Å². The maximum Gasteiger partial charge on any atom is 2.00 e. The van der Waals surface area contributed by atoms with Crippen molar-refractivity contribution >= 4 is 150 Å². The first-order valence-corrected chi connectivity index (χ1v) is 13.9. The number of carboxylic acid groups (broad SMARTS) is 6. The van der Waals surface area contributed by atoms with Crippen LogP contribution in [0.1, 0.15) is 13.8 Å². The van der Waals surface area contributed by atoms with Crippen LogP contribution < -0.4 is 41.3 Å². The summed E-state index contributed by atoms with van der Waals surface area (Å²) in [5, 5.41) is 72.2. The van der Waals surface area contributed by atoms with Crippen LogP contribution in [0.2, 0.25) is 0 Å². The molecule has 23 heteroatoms. The Morgan fingerprint density at radius 2 is 0.681 bits per heavy atom. The van der Waals surface area contributed by atoms with Gasteiger partial charge in [-0.25, -0.2) is 0 Å². The Kier molecular flexibility index (Phi) is 29.2. The largest absolute Gasteiger partial charge is 2.00 e. The third-order valence-electron chi connectivity index (χ3n) is 6.99. The van der Waals surface area contributed by atoms with Crippen LogP contribution in [0.4, 0.5) is 28.8 Å². The van der Waals surface area contributed by atoms with Gasteiger partial charge in [0, 0.05) is 104 Å². The second-order valence-corrected chi connectivity index (χ2v) is 10.0. The van der Waals surface area contributed by atoms with E-state index in [1.54, 1.807) is 13.8 Å². The van der Waals surface area contributed by atoms with E-state index in [2.05, 4.69) is 10.6 Å². The normalized spacial score (nSPS) is 20.3. The van der Waals surface area contributed by atoms with Crippen LogP contribution in [0.5, 0.6) is 0 Å². The van der Waals surface area contributed by atoms with Gasteiger partial charge in [0.2, 0.25) is 0 Å². The molecule has 2 rings (SSSR count). The number of nitrogens with zero attached hydrogens (tertiary/aromatic N) is 6. The van der Waals surface area contributed by atoms with Gasteiger partial charge in [0.15, 0.2) is 0 Å². The topological polar surface area (TPSA) is 284 Å². The minimum absolute atomic E-state index is 0. The van der Waals surface area contributed by atoms with Crippen molar-refractivity contribution in [3.8, 4) is 0 Å². The first kappa shape index (κ1) is 50.7. The SMILES string of the molecule is CC1CN(C(=O)[O-])CCN(C(=O)[O-])CCNCCN1C(=O)[O-].CC1CN(C(=O)[O-])CCN(C(=O)[O-])CCNCCN1C(=O)[O-].[Ca+2].[Ca+2].[Ca+2]. The van der Waals surface area contributed by atoms with Gasteiger partial charge in [-0.05, 0) is 13.8 Å². The van der Waals surface area contributed by atoms with Gasteiger partial charge < -0.3 is 99.4 Å². The quantitative estimate of drug-likeness (QED) is 0.218. The average Bonchev–Trinajstić information content (AvgIpc) is 2.91. The van der Waals surface area contributed by atoms with Crippen LogP contribution in [0, 0.1) is 0 Å². The maximum atomic E-state index is 11.1. The monoisotopic (exact) mass is 750 g/mol. The van der Waals surface area contributed by atoms with Crippen molar-refractivity contribution in [3.05, 3.63) is 0 Å². The number of carbonyl (C=O) groups excluding carboxylic acids is 6. The molecule has 2 saturated heterocycles. The molecule has 252 valence electrons. The molecule has 2 unspecified atom stereocenters. The fraction of sp³-hybridized carbons (Fsp3) is 0.750. The van der Waals surface area contributed by atoms with E-state index in [1.807, 2.05) is 0 Å². The maximum absolute atomic E-state index is 11.1. The van der Waals surface area contributed by atoms with Gasteiger partial charge >= 0.3 is 113 Å². The van der Waals surface area contributed by atoms with Crippen molar-refractivity contribution in [2.45, 2.75) is 25.9 Å². The number of rotatable bonds is 0. The number of hydrogen-bond acceptors (Lipinski definition) is 14. The Labute approximate surface area is 362 Å². The van der Waals surface area contributed by atoms with E-state index in [0.29, 0.717) is 26.2 Å². The molecule has 0 radical (unpaired) electrons. The number of hydrogen-bond donors (Lipinski definition) is 2. The van der Waals surface area contributed by atoms with E-state index >= 15 is 0 Å². The molecule has 47 heavy (non-hydrogen) atoms. The molecule has 0 bridgehead atoms.